The van der Waals surface area contributed by atoms with E-state index in [1.54, 1.807) is 0 Å². The topological polar surface area (TPSA) is 41.6 Å². The Morgan fingerprint density at radius 2 is 2.13 bits per heavy atom. The third-order valence-electron chi connectivity index (χ3n) is 3.75. The van der Waals surface area contributed by atoms with Gasteiger partial charge in [-0.3, -0.25) is 4.79 Å². The van der Waals surface area contributed by atoms with Crippen molar-refractivity contribution in [2.45, 2.75) is 18.9 Å². The van der Waals surface area contributed by atoms with Gasteiger partial charge in [0.05, 0.1) is 25.2 Å². The van der Waals surface area contributed by atoms with Crippen LogP contribution in [0.5, 0.6) is 0 Å². The van der Waals surface area contributed by atoms with Gasteiger partial charge in [-0.05, 0) is 18.8 Å². The zero-order chi connectivity index (χ0) is 10.3. The molecule has 3 aliphatic rings. The van der Waals surface area contributed by atoms with Gasteiger partial charge < -0.3 is 15.0 Å². The molecular formula is C11H18N2O2. The molecule has 1 saturated carbocycles. The highest BCUT2D eigenvalue weighted by Gasteiger charge is 2.41. The van der Waals surface area contributed by atoms with Gasteiger partial charge in [-0.2, -0.15) is 0 Å². The first-order valence-electron chi connectivity index (χ1n) is 5.95. The van der Waals surface area contributed by atoms with Crippen LogP contribution < -0.4 is 5.32 Å². The molecule has 2 heterocycles. The number of nitrogens with one attached hydrogen (secondary N) is 1. The van der Waals surface area contributed by atoms with E-state index in [9.17, 15) is 4.79 Å². The summed E-state index contributed by atoms with van der Waals surface area (Å²) in [7, 11) is 0. The number of carbonyl (C=O) groups is 1. The first-order chi connectivity index (χ1) is 7.36. The Balaban J connectivity index is 1.67. The Labute approximate surface area is 90.0 Å². The molecule has 0 spiro atoms. The molecule has 0 aromatic heterocycles. The highest BCUT2D eigenvalue weighted by atomic mass is 16.5. The molecule has 1 unspecified atom stereocenters. The van der Waals surface area contributed by atoms with Crippen LogP contribution in [0.15, 0.2) is 0 Å². The van der Waals surface area contributed by atoms with Crippen LogP contribution in [0.2, 0.25) is 0 Å². The minimum absolute atomic E-state index is 0.240. The summed E-state index contributed by atoms with van der Waals surface area (Å²) in [5, 5.41) is 3.16. The molecule has 0 radical (unpaired) electrons. The van der Waals surface area contributed by atoms with Gasteiger partial charge in [0.25, 0.3) is 0 Å². The van der Waals surface area contributed by atoms with Gasteiger partial charge in [-0.25, -0.2) is 0 Å². The van der Waals surface area contributed by atoms with Gasteiger partial charge in [-0.15, -0.1) is 0 Å². The number of ether oxygens (including phenoxy) is 1. The number of rotatable bonds is 2. The standard InChI is InChI=1S/C11H18N2O2/c14-11(9-5-12-6-9)13-3-4-15-7-10(13)8-1-2-8/h8-10,12H,1-7H2. The quantitative estimate of drug-likeness (QED) is 0.689. The number of morpholine rings is 1. The predicted octanol–water partition coefficient (Wildman–Crippen LogP) is -0.157. The van der Waals surface area contributed by atoms with E-state index in [0.717, 1.165) is 38.8 Å². The van der Waals surface area contributed by atoms with Crippen LogP contribution in [0.1, 0.15) is 12.8 Å². The number of nitrogens with zero attached hydrogens (tertiary/aromatic N) is 1. The summed E-state index contributed by atoms with van der Waals surface area (Å²) in [6.07, 6.45) is 2.56. The highest BCUT2D eigenvalue weighted by Crippen LogP contribution is 2.37. The molecule has 84 valence electrons. The lowest BCUT2D eigenvalue weighted by molar-refractivity contribution is -0.146. The number of hydrogen-bond donors (Lipinski definition) is 1. The Hall–Kier alpha value is -0.610. The molecule has 4 nitrogen and oxygen atoms in total. The molecule has 4 heteroatoms. The average Bonchev–Trinajstić information content (AvgIpc) is 2.98. The van der Waals surface area contributed by atoms with E-state index in [2.05, 4.69) is 10.2 Å². The van der Waals surface area contributed by atoms with E-state index < -0.39 is 0 Å². The fourth-order valence-corrected chi connectivity index (χ4v) is 2.47. The van der Waals surface area contributed by atoms with E-state index in [1.165, 1.54) is 12.8 Å². The van der Waals surface area contributed by atoms with Crippen LogP contribution in [-0.4, -0.2) is 49.7 Å². The molecule has 1 N–H and O–H groups in total. The maximum absolute atomic E-state index is 12.2. The average molecular weight is 210 g/mol. The fourth-order valence-electron chi connectivity index (χ4n) is 2.47. The fraction of sp³-hybridized carbons (Fsp3) is 0.909. The number of hydrogen-bond acceptors (Lipinski definition) is 3. The van der Waals surface area contributed by atoms with Gasteiger partial charge in [0.15, 0.2) is 0 Å². The SMILES string of the molecule is O=C(C1CNC1)N1CCOCC1C1CC1. The van der Waals surface area contributed by atoms with Crippen LogP contribution in [0.25, 0.3) is 0 Å². The molecule has 3 rings (SSSR count). The molecule has 1 aliphatic carbocycles. The third kappa shape index (κ3) is 1.76. The van der Waals surface area contributed by atoms with Crippen molar-refractivity contribution in [3.63, 3.8) is 0 Å². The maximum Gasteiger partial charge on any atom is 0.228 e. The van der Waals surface area contributed by atoms with E-state index in [0.29, 0.717) is 11.9 Å². The molecule has 3 fully saturated rings. The summed E-state index contributed by atoms with van der Waals surface area (Å²) >= 11 is 0. The Kier molecular flexibility index (Phi) is 2.41. The first kappa shape index (κ1) is 9.60. The summed E-state index contributed by atoms with van der Waals surface area (Å²) in [5.74, 6) is 1.32. The van der Waals surface area contributed by atoms with Crippen LogP contribution >= 0.6 is 0 Å². The lowest BCUT2D eigenvalue weighted by atomic mass is 9.99. The van der Waals surface area contributed by atoms with Crippen molar-refractivity contribution < 1.29 is 9.53 Å². The number of amides is 1. The summed E-state index contributed by atoms with van der Waals surface area (Å²) < 4.78 is 5.49. The van der Waals surface area contributed by atoms with Crippen LogP contribution in [0.4, 0.5) is 0 Å². The van der Waals surface area contributed by atoms with E-state index in [-0.39, 0.29) is 5.92 Å². The summed E-state index contributed by atoms with van der Waals surface area (Å²) in [4.78, 5) is 14.2. The summed E-state index contributed by atoms with van der Waals surface area (Å²) in [6, 6.07) is 0.381. The van der Waals surface area contributed by atoms with Crippen molar-refractivity contribution in [2.75, 3.05) is 32.8 Å². The Morgan fingerprint density at radius 3 is 2.73 bits per heavy atom. The van der Waals surface area contributed by atoms with E-state index >= 15 is 0 Å². The molecule has 0 bridgehead atoms. The zero-order valence-corrected chi connectivity index (χ0v) is 8.95. The van der Waals surface area contributed by atoms with Crippen molar-refractivity contribution in [3.05, 3.63) is 0 Å². The van der Waals surface area contributed by atoms with E-state index in [4.69, 9.17) is 4.74 Å². The molecular weight excluding hydrogens is 192 g/mol. The molecule has 2 saturated heterocycles. The first-order valence-corrected chi connectivity index (χ1v) is 5.95. The second kappa shape index (κ2) is 3.76. The molecule has 1 atom stereocenters. The predicted molar refractivity (Wildman–Crippen MR) is 55.4 cm³/mol. The summed E-state index contributed by atoms with van der Waals surface area (Å²) in [5.41, 5.74) is 0. The van der Waals surface area contributed by atoms with Crippen molar-refractivity contribution in [1.82, 2.24) is 10.2 Å². The van der Waals surface area contributed by atoms with E-state index in [1.807, 2.05) is 0 Å². The minimum Gasteiger partial charge on any atom is -0.377 e. The molecule has 15 heavy (non-hydrogen) atoms. The normalized spacial score (nSPS) is 32.5. The molecule has 1 amide bonds. The zero-order valence-electron chi connectivity index (χ0n) is 8.95. The second-order valence-electron chi connectivity index (χ2n) is 4.87. The second-order valence-corrected chi connectivity index (χ2v) is 4.87. The minimum atomic E-state index is 0.240. The lowest BCUT2D eigenvalue weighted by Gasteiger charge is -2.40. The molecule has 0 aromatic rings. The van der Waals surface area contributed by atoms with Crippen molar-refractivity contribution >= 4 is 5.91 Å². The molecule has 2 aliphatic heterocycles. The van der Waals surface area contributed by atoms with Crippen molar-refractivity contribution in [3.8, 4) is 0 Å². The smallest absolute Gasteiger partial charge is 0.228 e. The van der Waals surface area contributed by atoms with Crippen LogP contribution in [0.3, 0.4) is 0 Å². The van der Waals surface area contributed by atoms with Gasteiger partial charge in [0.1, 0.15) is 0 Å². The largest absolute Gasteiger partial charge is 0.377 e. The van der Waals surface area contributed by atoms with Crippen molar-refractivity contribution in [2.24, 2.45) is 11.8 Å². The monoisotopic (exact) mass is 210 g/mol. The van der Waals surface area contributed by atoms with Gasteiger partial charge in [-0.1, -0.05) is 0 Å². The third-order valence-corrected chi connectivity index (χ3v) is 3.75. The number of carbonyl (C=O) groups excluding carboxylic acids is 1. The Morgan fingerprint density at radius 1 is 1.33 bits per heavy atom. The van der Waals surface area contributed by atoms with Gasteiger partial charge in [0, 0.05) is 19.6 Å². The lowest BCUT2D eigenvalue weighted by Crippen LogP contribution is -2.58. The van der Waals surface area contributed by atoms with Crippen molar-refractivity contribution in [1.29, 1.82) is 0 Å². The summed E-state index contributed by atoms with van der Waals surface area (Å²) in [6.45, 7) is 4.02. The van der Waals surface area contributed by atoms with Gasteiger partial charge >= 0.3 is 0 Å². The van der Waals surface area contributed by atoms with Gasteiger partial charge in [0.2, 0.25) is 5.91 Å². The molecule has 0 aromatic carbocycles. The van der Waals surface area contributed by atoms with Crippen LogP contribution in [0, 0.1) is 11.8 Å². The Bertz CT molecular complexity index is 261. The maximum atomic E-state index is 12.2. The highest BCUT2D eigenvalue weighted by molar-refractivity contribution is 5.80. The van der Waals surface area contributed by atoms with Crippen LogP contribution in [-0.2, 0) is 9.53 Å².